The molecule has 0 unspecified atom stereocenters. The Bertz CT molecular complexity index is 1190. The summed E-state index contributed by atoms with van der Waals surface area (Å²) in [5.41, 5.74) is 3.77. The lowest BCUT2D eigenvalue weighted by Gasteiger charge is -2.12. The molecule has 0 aliphatic rings. The number of halogens is 2. The fourth-order valence-corrected chi connectivity index (χ4v) is 3.72. The minimum absolute atomic E-state index is 0.111. The van der Waals surface area contributed by atoms with Crippen LogP contribution >= 0.6 is 0 Å². The molecule has 0 heterocycles. The van der Waals surface area contributed by atoms with E-state index in [1.807, 2.05) is 36.4 Å². The molecule has 3 aromatic carbocycles. The van der Waals surface area contributed by atoms with Gasteiger partial charge in [-0.25, -0.2) is 9.18 Å². The molecule has 0 aliphatic heterocycles. The average molecular weight is 479 g/mol. The van der Waals surface area contributed by atoms with Gasteiger partial charge in [0.05, 0.1) is 6.61 Å². The molecule has 4 nitrogen and oxygen atoms in total. The van der Waals surface area contributed by atoms with Crippen LogP contribution in [0.4, 0.5) is 8.78 Å². The molecule has 0 bridgehead atoms. The number of benzene rings is 3. The fourth-order valence-electron chi connectivity index (χ4n) is 3.72. The summed E-state index contributed by atoms with van der Waals surface area (Å²) in [7, 11) is 0. The third-order valence-corrected chi connectivity index (χ3v) is 5.73. The molecule has 0 radical (unpaired) electrons. The van der Waals surface area contributed by atoms with Crippen LogP contribution in [0.15, 0.2) is 72.8 Å². The first-order valence-electron chi connectivity index (χ1n) is 11.6. The van der Waals surface area contributed by atoms with E-state index in [0.717, 1.165) is 35.8 Å². The number of unbranched alkanes of at least 4 members (excludes halogenated alkanes) is 2. The van der Waals surface area contributed by atoms with Crippen molar-refractivity contribution >= 4 is 12.3 Å². The third kappa shape index (κ3) is 7.09. The van der Waals surface area contributed by atoms with Gasteiger partial charge in [0.25, 0.3) is 0 Å². The zero-order chi connectivity index (χ0) is 25.2. The number of aliphatic carboxylic acids is 1. The largest absolute Gasteiger partial charge is 0.490 e. The van der Waals surface area contributed by atoms with Gasteiger partial charge in [0, 0.05) is 17.6 Å². The topological polar surface area (TPSA) is 63.6 Å². The molecule has 1 N–H and O–H groups in total. The molecule has 0 spiro atoms. The molecule has 0 saturated heterocycles. The van der Waals surface area contributed by atoms with Crippen LogP contribution in [0.25, 0.3) is 22.3 Å². The summed E-state index contributed by atoms with van der Waals surface area (Å²) in [6.45, 7) is 3.60. The maximum Gasteiger partial charge on any atom is 0.330 e. The molecule has 0 fully saturated rings. The predicted octanol–water partition coefficient (Wildman–Crippen LogP) is 7.01. The first-order chi connectivity index (χ1) is 16.9. The molecule has 3 aromatic rings. The Kier molecular flexibility index (Phi) is 9.30. The molecule has 6 heteroatoms. The van der Waals surface area contributed by atoms with E-state index >= 15 is 0 Å². The first-order valence-corrected chi connectivity index (χ1v) is 11.6. The van der Waals surface area contributed by atoms with Crippen molar-refractivity contribution in [3.05, 3.63) is 90.0 Å². The fraction of sp³-hybridized carbons (Fsp3) is 0.241. The van der Waals surface area contributed by atoms with Crippen molar-refractivity contribution in [3.8, 4) is 28.0 Å². The number of aryl methyl sites for hydroxylation is 1. The minimum atomic E-state index is -1.05. The van der Waals surface area contributed by atoms with Gasteiger partial charge in [-0.05, 0) is 72.6 Å². The second-order valence-corrected chi connectivity index (χ2v) is 8.29. The van der Waals surface area contributed by atoms with Gasteiger partial charge in [0.15, 0.2) is 11.6 Å². The van der Waals surface area contributed by atoms with Gasteiger partial charge in [-0.3, -0.25) is 0 Å². The van der Waals surface area contributed by atoms with Gasteiger partial charge in [-0.15, -0.1) is 0 Å². The van der Waals surface area contributed by atoms with Crippen molar-refractivity contribution in [1.82, 2.24) is 0 Å². The summed E-state index contributed by atoms with van der Waals surface area (Å²) in [6.07, 6.45) is 4.43. The van der Waals surface area contributed by atoms with E-state index in [4.69, 9.17) is 9.84 Å². The lowest BCUT2D eigenvalue weighted by Crippen LogP contribution is -2.03. The maximum absolute atomic E-state index is 14.9. The van der Waals surface area contributed by atoms with E-state index < -0.39 is 17.6 Å². The zero-order valence-corrected chi connectivity index (χ0v) is 19.4. The van der Waals surface area contributed by atoms with Gasteiger partial charge < -0.3 is 14.6 Å². The van der Waals surface area contributed by atoms with E-state index in [1.165, 1.54) is 12.1 Å². The number of carboxylic acids is 1. The van der Waals surface area contributed by atoms with Crippen LogP contribution in [-0.2, 0) is 16.0 Å². The molecule has 0 amide bonds. The summed E-state index contributed by atoms with van der Waals surface area (Å²) < 4.78 is 34.9. The highest BCUT2D eigenvalue weighted by Crippen LogP contribution is 2.32. The Labute approximate surface area is 203 Å². The lowest BCUT2D eigenvalue weighted by atomic mass is 9.97. The normalized spacial score (nSPS) is 10.7. The summed E-state index contributed by atoms with van der Waals surface area (Å²) in [4.78, 5) is 21.2. The monoisotopic (exact) mass is 478 g/mol. The predicted molar refractivity (Wildman–Crippen MR) is 132 cm³/mol. The van der Waals surface area contributed by atoms with Crippen molar-refractivity contribution in [2.75, 3.05) is 6.61 Å². The SMILES string of the molecule is C=C(CCCCOc1ccc(-c2cccc(-c3ccc(CCCC=O)cc3)c2)c(F)c1F)C(=O)O. The number of rotatable bonds is 13. The van der Waals surface area contributed by atoms with E-state index in [0.29, 0.717) is 31.2 Å². The Morgan fingerprint density at radius 2 is 1.66 bits per heavy atom. The average Bonchev–Trinajstić information content (AvgIpc) is 2.87. The Hall–Kier alpha value is -3.80. The van der Waals surface area contributed by atoms with Crippen LogP contribution in [0, 0.1) is 11.6 Å². The van der Waals surface area contributed by atoms with Crippen LogP contribution in [-0.4, -0.2) is 24.0 Å². The summed E-state index contributed by atoms with van der Waals surface area (Å²) in [5.74, 6) is -3.25. The highest BCUT2D eigenvalue weighted by Gasteiger charge is 2.16. The summed E-state index contributed by atoms with van der Waals surface area (Å²) in [6, 6.07) is 18.1. The molecular weight excluding hydrogens is 450 g/mol. The highest BCUT2D eigenvalue weighted by atomic mass is 19.2. The highest BCUT2D eigenvalue weighted by molar-refractivity contribution is 5.85. The number of carboxylic acid groups (broad SMARTS) is 1. The molecular formula is C29H28F2O4. The molecule has 0 aromatic heterocycles. The number of ether oxygens (including phenoxy) is 1. The molecule has 3 rings (SSSR count). The Morgan fingerprint density at radius 1 is 0.914 bits per heavy atom. The summed E-state index contributed by atoms with van der Waals surface area (Å²) in [5, 5.41) is 8.80. The van der Waals surface area contributed by atoms with Crippen LogP contribution in [0.3, 0.4) is 0 Å². The summed E-state index contributed by atoms with van der Waals surface area (Å²) >= 11 is 0. The van der Waals surface area contributed by atoms with E-state index in [1.54, 1.807) is 12.1 Å². The van der Waals surface area contributed by atoms with Crippen molar-refractivity contribution in [1.29, 1.82) is 0 Å². The van der Waals surface area contributed by atoms with Crippen molar-refractivity contribution in [3.63, 3.8) is 0 Å². The van der Waals surface area contributed by atoms with E-state index in [2.05, 4.69) is 6.58 Å². The number of hydrogen-bond acceptors (Lipinski definition) is 3. The van der Waals surface area contributed by atoms with Gasteiger partial charge in [0.1, 0.15) is 6.29 Å². The number of hydrogen-bond donors (Lipinski definition) is 1. The molecule has 0 saturated carbocycles. The Morgan fingerprint density at radius 3 is 2.37 bits per heavy atom. The van der Waals surface area contributed by atoms with Crippen LogP contribution in [0.5, 0.6) is 5.75 Å². The van der Waals surface area contributed by atoms with Crippen LogP contribution in [0.1, 0.15) is 37.7 Å². The van der Waals surface area contributed by atoms with Crippen LogP contribution in [0.2, 0.25) is 0 Å². The van der Waals surface area contributed by atoms with Gasteiger partial charge in [0.2, 0.25) is 5.82 Å². The molecule has 182 valence electrons. The zero-order valence-electron chi connectivity index (χ0n) is 19.4. The quantitative estimate of drug-likeness (QED) is 0.163. The second kappa shape index (κ2) is 12.6. The van der Waals surface area contributed by atoms with Crippen molar-refractivity contribution in [2.24, 2.45) is 0 Å². The minimum Gasteiger partial charge on any atom is -0.490 e. The lowest BCUT2D eigenvalue weighted by molar-refractivity contribution is -0.132. The maximum atomic E-state index is 14.9. The van der Waals surface area contributed by atoms with Gasteiger partial charge in [-0.2, -0.15) is 4.39 Å². The number of carbonyl (C=O) groups is 2. The third-order valence-electron chi connectivity index (χ3n) is 5.73. The standard InChI is InChI=1S/C29H28F2O4/c1-20(29(33)34)7-3-5-18-35-26-16-15-25(27(30)28(26)31)24-10-6-9-23(19-24)22-13-11-21(12-14-22)8-2-4-17-32/h6,9-17,19H,1-5,7-8,18H2,(H,33,34). The van der Waals surface area contributed by atoms with Crippen molar-refractivity contribution in [2.45, 2.75) is 38.5 Å². The second-order valence-electron chi connectivity index (χ2n) is 8.29. The smallest absolute Gasteiger partial charge is 0.330 e. The van der Waals surface area contributed by atoms with E-state index in [-0.39, 0.29) is 23.5 Å². The number of carbonyl (C=O) groups excluding carboxylic acids is 1. The van der Waals surface area contributed by atoms with Gasteiger partial charge in [-0.1, -0.05) is 49.0 Å². The molecule has 35 heavy (non-hydrogen) atoms. The van der Waals surface area contributed by atoms with Crippen LogP contribution < -0.4 is 4.74 Å². The van der Waals surface area contributed by atoms with Gasteiger partial charge >= 0.3 is 5.97 Å². The Balaban J connectivity index is 1.67. The van der Waals surface area contributed by atoms with E-state index in [9.17, 15) is 18.4 Å². The van der Waals surface area contributed by atoms with Crippen molar-refractivity contribution < 1.29 is 28.2 Å². The first kappa shape index (κ1) is 25.8. The molecule has 0 aliphatic carbocycles. The number of aldehydes is 1. The molecule has 0 atom stereocenters.